The van der Waals surface area contributed by atoms with E-state index >= 15 is 0 Å². The first-order valence-electron chi connectivity index (χ1n) is 8.17. The Hall–Kier alpha value is -2.76. The average molecular weight is 451 g/mol. The second kappa shape index (κ2) is 8.17. The van der Waals surface area contributed by atoms with E-state index in [9.17, 15) is 30.7 Å². The maximum Gasteiger partial charge on any atom is 0.435 e. The Bertz CT molecular complexity index is 1070. The van der Waals surface area contributed by atoms with Gasteiger partial charge in [0.1, 0.15) is 5.69 Å². The minimum atomic E-state index is -4.74. The molecular weight excluding hydrogens is 439 g/mol. The van der Waals surface area contributed by atoms with Gasteiger partial charge in [-0.05, 0) is 19.1 Å². The number of ether oxygens (including phenoxy) is 1. The molecule has 4 nitrogen and oxygen atoms in total. The van der Waals surface area contributed by atoms with Crippen LogP contribution in [0, 0.1) is 18.6 Å². The van der Waals surface area contributed by atoms with Gasteiger partial charge in [-0.2, -0.15) is 27.1 Å². The van der Waals surface area contributed by atoms with Gasteiger partial charge in [-0.1, -0.05) is 23.9 Å². The zero-order chi connectivity index (χ0) is 22.2. The van der Waals surface area contributed by atoms with Gasteiger partial charge in [0, 0.05) is 29.1 Å². The van der Waals surface area contributed by atoms with Crippen molar-refractivity contribution in [3.63, 3.8) is 0 Å². The number of pyridine rings is 1. The Morgan fingerprint density at radius 3 is 2.23 bits per heavy atom. The lowest BCUT2D eigenvalue weighted by molar-refractivity contribution is -0.141. The summed E-state index contributed by atoms with van der Waals surface area (Å²) in [5.74, 6) is -6.08. The molecular formula is C18H12F7N3OS. The summed E-state index contributed by atoms with van der Waals surface area (Å²) in [6, 6.07) is 5.79. The van der Waals surface area contributed by atoms with Gasteiger partial charge in [0.15, 0.2) is 17.3 Å². The van der Waals surface area contributed by atoms with E-state index in [1.807, 2.05) is 0 Å². The molecule has 0 amide bonds. The van der Waals surface area contributed by atoms with Crippen molar-refractivity contribution in [3.8, 4) is 23.0 Å². The van der Waals surface area contributed by atoms with E-state index in [1.54, 1.807) is 0 Å². The molecule has 1 aromatic carbocycles. The van der Waals surface area contributed by atoms with Crippen molar-refractivity contribution in [3.05, 3.63) is 53.2 Å². The second-order valence-corrected chi connectivity index (χ2v) is 7.08. The van der Waals surface area contributed by atoms with Gasteiger partial charge in [-0.15, -0.1) is 0 Å². The summed E-state index contributed by atoms with van der Waals surface area (Å²) in [6.07, 6.45) is -4.74. The van der Waals surface area contributed by atoms with Crippen LogP contribution in [0.3, 0.4) is 0 Å². The van der Waals surface area contributed by atoms with E-state index in [-0.39, 0.29) is 27.9 Å². The fourth-order valence-electron chi connectivity index (χ4n) is 2.47. The number of benzene rings is 1. The van der Waals surface area contributed by atoms with Crippen LogP contribution in [-0.4, -0.2) is 20.5 Å². The van der Waals surface area contributed by atoms with E-state index in [1.165, 1.54) is 24.3 Å². The Kier molecular flexibility index (Phi) is 5.97. The number of hydrogen-bond donors (Lipinski definition) is 0. The van der Waals surface area contributed by atoms with E-state index < -0.39 is 46.6 Å². The number of alkyl halides is 5. The number of thioether (sulfide) groups is 1. The van der Waals surface area contributed by atoms with Crippen LogP contribution in [0.2, 0.25) is 0 Å². The topological polar surface area (TPSA) is 39.9 Å². The molecule has 30 heavy (non-hydrogen) atoms. The van der Waals surface area contributed by atoms with Crippen LogP contribution in [0.4, 0.5) is 30.7 Å². The van der Waals surface area contributed by atoms with Crippen LogP contribution in [0.5, 0.6) is 11.8 Å². The SMILES string of the molecule is Cc1c(F)c(Oc2cc(C(F)(F)F)nn2C)nc(-c2ccc(SC(F)F)cc2)c1F. The Morgan fingerprint density at radius 1 is 1.07 bits per heavy atom. The Labute approximate surface area is 169 Å². The molecule has 0 radical (unpaired) electrons. The van der Waals surface area contributed by atoms with Gasteiger partial charge in [0.05, 0.1) is 0 Å². The minimum Gasteiger partial charge on any atom is -0.418 e. The van der Waals surface area contributed by atoms with Gasteiger partial charge < -0.3 is 4.74 Å². The highest BCUT2D eigenvalue weighted by Crippen LogP contribution is 2.35. The molecule has 0 saturated carbocycles. The average Bonchev–Trinajstić information content (AvgIpc) is 3.03. The fourth-order valence-corrected chi connectivity index (χ4v) is 2.97. The van der Waals surface area contributed by atoms with Gasteiger partial charge in [-0.25, -0.2) is 18.4 Å². The van der Waals surface area contributed by atoms with Gasteiger partial charge in [0.25, 0.3) is 11.6 Å². The predicted molar refractivity (Wildman–Crippen MR) is 94.5 cm³/mol. The van der Waals surface area contributed by atoms with Gasteiger partial charge >= 0.3 is 6.18 Å². The highest BCUT2D eigenvalue weighted by Gasteiger charge is 2.35. The number of hydrogen-bond acceptors (Lipinski definition) is 4. The summed E-state index contributed by atoms with van der Waals surface area (Å²) >= 11 is 0.289. The monoisotopic (exact) mass is 451 g/mol. The van der Waals surface area contributed by atoms with Crippen LogP contribution in [-0.2, 0) is 13.2 Å². The second-order valence-electron chi connectivity index (χ2n) is 6.01. The summed E-state index contributed by atoms with van der Waals surface area (Å²) in [5.41, 5.74) is -1.94. The maximum absolute atomic E-state index is 14.6. The first kappa shape index (κ1) is 21.9. The lowest BCUT2D eigenvalue weighted by atomic mass is 10.1. The number of nitrogens with zero attached hydrogens (tertiary/aromatic N) is 3. The molecule has 0 saturated heterocycles. The zero-order valence-electron chi connectivity index (χ0n) is 15.3. The molecule has 2 heterocycles. The third-order valence-corrected chi connectivity index (χ3v) is 4.67. The Balaban J connectivity index is 2.00. The standard InChI is InChI=1S/C18H12F7N3OS/c1-8-13(19)15(9-3-5-10(6-4-9)30-17(21)22)26-16(14(8)20)29-12-7-11(18(23,24)25)27-28(12)2/h3-7,17H,1-2H3. The van der Waals surface area contributed by atoms with Crippen molar-refractivity contribution in [2.24, 2.45) is 7.05 Å². The molecule has 0 spiro atoms. The van der Waals surface area contributed by atoms with Crippen molar-refractivity contribution in [2.45, 2.75) is 23.8 Å². The molecule has 3 aromatic rings. The number of rotatable bonds is 5. The molecule has 0 fully saturated rings. The van der Waals surface area contributed by atoms with Crippen molar-refractivity contribution in [2.75, 3.05) is 0 Å². The van der Waals surface area contributed by atoms with Crippen LogP contribution < -0.4 is 4.74 Å². The first-order chi connectivity index (χ1) is 14.0. The lowest BCUT2D eigenvalue weighted by Crippen LogP contribution is -2.06. The molecule has 0 aliphatic heterocycles. The predicted octanol–water partition coefficient (Wildman–Crippen LogP) is 6.19. The summed E-state index contributed by atoms with van der Waals surface area (Å²) in [5, 5.41) is 3.24. The molecule has 0 aliphatic rings. The minimum absolute atomic E-state index is 0.139. The summed E-state index contributed by atoms with van der Waals surface area (Å²) in [4.78, 5) is 3.97. The molecule has 0 unspecified atom stereocenters. The molecule has 3 rings (SSSR count). The van der Waals surface area contributed by atoms with E-state index in [0.29, 0.717) is 6.07 Å². The van der Waals surface area contributed by atoms with Crippen molar-refractivity contribution in [1.29, 1.82) is 0 Å². The molecule has 0 N–H and O–H groups in total. The Morgan fingerprint density at radius 2 is 1.70 bits per heavy atom. The van der Waals surface area contributed by atoms with Crippen LogP contribution in [0.15, 0.2) is 35.2 Å². The molecule has 2 aromatic heterocycles. The summed E-state index contributed by atoms with van der Waals surface area (Å²) in [6.45, 7) is 1.11. The normalized spacial score (nSPS) is 11.9. The van der Waals surface area contributed by atoms with E-state index in [0.717, 1.165) is 18.7 Å². The van der Waals surface area contributed by atoms with Crippen molar-refractivity contribution >= 4 is 11.8 Å². The first-order valence-corrected chi connectivity index (χ1v) is 9.05. The smallest absolute Gasteiger partial charge is 0.418 e. The van der Waals surface area contributed by atoms with E-state index in [2.05, 4.69) is 10.1 Å². The quantitative estimate of drug-likeness (QED) is 0.342. The van der Waals surface area contributed by atoms with Crippen LogP contribution in [0.25, 0.3) is 11.3 Å². The van der Waals surface area contributed by atoms with E-state index in [4.69, 9.17) is 4.74 Å². The molecule has 160 valence electrons. The maximum atomic E-state index is 14.6. The fraction of sp³-hybridized carbons (Fsp3) is 0.222. The van der Waals surface area contributed by atoms with Crippen LogP contribution in [0.1, 0.15) is 11.3 Å². The molecule has 0 bridgehead atoms. The third kappa shape index (κ3) is 4.53. The molecule has 12 heteroatoms. The largest absolute Gasteiger partial charge is 0.435 e. The van der Waals surface area contributed by atoms with Gasteiger partial charge in [-0.3, -0.25) is 0 Å². The number of halogens is 7. The molecule has 0 atom stereocenters. The number of aryl methyl sites for hydroxylation is 1. The van der Waals surface area contributed by atoms with Crippen molar-refractivity contribution in [1.82, 2.24) is 14.8 Å². The molecule has 0 aliphatic carbocycles. The lowest BCUT2D eigenvalue weighted by Gasteiger charge is -2.12. The summed E-state index contributed by atoms with van der Waals surface area (Å²) < 4.78 is 98.1. The zero-order valence-corrected chi connectivity index (χ0v) is 16.1. The highest BCUT2D eigenvalue weighted by atomic mass is 32.2. The van der Waals surface area contributed by atoms with Gasteiger partial charge in [0.2, 0.25) is 5.88 Å². The number of aromatic nitrogens is 3. The van der Waals surface area contributed by atoms with Crippen molar-refractivity contribution < 1.29 is 35.5 Å². The highest BCUT2D eigenvalue weighted by molar-refractivity contribution is 7.99. The summed E-state index contributed by atoms with van der Waals surface area (Å²) in [7, 11) is 1.15. The third-order valence-electron chi connectivity index (χ3n) is 3.95. The van der Waals surface area contributed by atoms with Crippen LogP contribution >= 0.6 is 11.8 Å².